The highest BCUT2D eigenvalue weighted by molar-refractivity contribution is 14.1. The van der Waals surface area contributed by atoms with E-state index in [9.17, 15) is 9.59 Å². The molecule has 1 aliphatic heterocycles. The summed E-state index contributed by atoms with van der Waals surface area (Å²) >= 11 is 3.72. The standard InChI is InChI=1S/C24H15IN2O2S/c25-18-9-11-19(12-10-18)27-24(29)22(23(28)26-27)21(20-6-3-13-30-20)17-8-7-15-4-1-2-5-16(15)14-17/h1-14H,(H,26,28). The summed E-state index contributed by atoms with van der Waals surface area (Å²) in [5.41, 5.74) is 5.02. The summed E-state index contributed by atoms with van der Waals surface area (Å²) in [6.45, 7) is 0. The lowest BCUT2D eigenvalue weighted by atomic mass is 9.95. The van der Waals surface area contributed by atoms with Gasteiger partial charge >= 0.3 is 0 Å². The number of hydrogen-bond donors (Lipinski definition) is 1. The smallest absolute Gasteiger partial charge is 0.267 e. The van der Waals surface area contributed by atoms with Crippen molar-refractivity contribution in [2.24, 2.45) is 0 Å². The predicted molar refractivity (Wildman–Crippen MR) is 129 cm³/mol. The largest absolute Gasteiger partial charge is 0.283 e. The molecule has 1 N–H and O–H groups in total. The van der Waals surface area contributed by atoms with Crippen LogP contribution in [-0.4, -0.2) is 11.8 Å². The van der Waals surface area contributed by atoms with Crippen molar-refractivity contribution >= 4 is 67.8 Å². The van der Waals surface area contributed by atoms with Crippen molar-refractivity contribution in [1.82, 2.24) is 5.43 Å². The van der Waals surface area contributed by atoms with E-state index < -0.39 is 5.91 Å². The minimum atomic E-state index is -0.393. The number of benzene rings is 3. The van der Waals surface area contributed by atoms with Crippen molar-refractivity contribution < 1.29 is 9.59 Å². The molecule has 1 aromatic heterocycles. The number of nitrogens with one attached hydrogen (secondary N) is 1. The Morgan fingerprint density at radius 1 is 0.867 bits per heavy atom. The molecule has 0 spiro atoms. The summed E-state index contributed by atoms with van der Waals surface area (Å²) in [5, 5.41) is 5.44. The third-order valence-corrected chi connectivity index (χ3v) is 6.60. The van der Waals surface area contributed by atoms with Crippen LogP contribution in [-0.2, 0) is 9.59 Å². The highest BCUT2D eigenvalue weighted by Crippen LogP contribution is 2.35. The predicted octanol–water partition coefficient (Wildman–Crippen LogP) is 5.39. The zero-order valence-corrected chi connectivity index (χ0v) is 18.6. The molecule has 2 heterocycles. The van der Waals surface area contributed by atoms with Crippen LogP contribution in [0.2, 0.25) is 0 Å². The Kier molecular flexibility index (Phi) is 4.88. The molecule has 0 unspecified atom stereocenters. The van der Waals surface area contributed by atoms with E-state index in [1.165, 1.54) is 16.3 Å². The second-order valence-corrected chi connectivity index (χ2v) is 9.04. The minimum Gasteiger partial charge on any atom is -0.267 e. The Morgan fingerprint density at radius 2 is 1.63 bits per heavy atom. The monoisotopic (exact) mass is 522 g/mol. The van der Waals surface area contributed by atoms with Gasteiger partial charge in [-0.05, 0) is 80.7 Å². The van der Waals surface area contributed by atoms with Crippen molar-refractivity contribution in [3.05, 3.63) is 104 Å². The molecule has 0 bridgehead atoms. The van der Waals surface area contributed by atoms with Crippen LogP contribution in [0, 0.1) is 3.57 Å². The van der Waals surface area contributed by atoms with Gasteiger partial charge in [0.2, 0.25) is 0 Å². The molecule has 3 aromatic carbocycles. The average molecular weight is 522 g/mol. The molecule has 5 rings (SSSR count). The first-order valence-corrected chi connectivity index (χ1v) is 11.3. The van der Waals surface area contributed by atoms with Gasteiger partial charge in [0.1, 0.15) is 5.57 Å². The Bertz CT molecular complexity index is 1310. The van der Waals surface area contributed by atoms with Gasteiger partial charge in [-0.1, -0.05) is 42.5 Å². The molecule has 0 atom stereocenters. The van der Waals surface area contributed by atoms with Crippen LogP contribution in [0.5, 0.6) is 0 Å². The second kappa shape index (κ2) is 7.70. The number of hydrogen-bond acceptors (Lipinski definition) is 3. The topological polar surface area (TPSA) is 49.4 Å². The van der Waals surface area contributed by atoms with E-state index >= 15 is 0 Å². The fourth-order valence-corrected chi connectivity index (χ4v) is 4.74. The van der Waals surface area contributed by atoms with Crippen molar-refractivity contribution in [2.45, 2.75) is 0 Å². The maximum atomic E-state index is 13.4. The van der Waals surface area contributed by atoms with Crippen molar-refractivity contribution in [2.75, 3.05) is 5.01 Å². The molecule has 1 aliphatic rings. The highest BCUT2D eigenvalue weighted by Gasteiger charge is 2.38. The van der Waals surface area contributed by atoms with Gasteiger partial charge in [-0.25, -0.2) is 5.01 Å². The number of nitrogens with zero attached hydrogens (tertiary/aromatic N) is 1. The van der Waals surface area contributed by atoms with Crippen LogP contribution >= 0.6 is 33.9 Å². The zero-order chi connectivity index (χ0) is 20.7. The van der Waals surface area contributed by atoms with Gasteiger partial charge in [-0.2, -0.15) is 0 Å². The summed E-state index contributed by atoms with van der Waals surface area (Å²) < 4.78 is 1.06. The SMILES string of the molecule is O=C1NN(c2ccc(I)cc2)C(=O)C1=C(c1ccc2ccccc2c1)c1cccs1. The lowest BCUT2D eigenvalue weighted by molar-refractivity contribution is -0.117. The van der Waals surface area contributed by atoms with Gasteiger partial charge in [-0.15, -0.1) is 11.3 Å². The van der Waals surface area contributed by atoms with E-state index in [1.54, 1.807) is 0 Å². The van der Waals surface area contributed by atoms with E-state index in [1.807, 2.05) is 84.2 Å². The Hall–Kier alpha value is -2.97. The van der Waals surface area contributed by atoms with Gasteiger partial charge in [0.15, 0.2) is 0 Å². The molecule has 6 heteroatoms. The number of fused-ring (bicyclic) bond motifs is 1. The van der Waals surface area contributed by atoms with Crippen molar-refractivity contribution in [3.63, 3.8) is 0 Å². The number of amides is 2. The van der Waals surface area contributed by atoms with Crippen molar-refractivity contribution in [3.8, 4) is 0 Å². The van der Waals surface area contributed by atoms with Gasteiger partial charge in [-0.3, -0.25) is 15.0 Å². The van der Waals surface area contributed by atoms with Crippen LogP contribution in [0.3, 0.4) is 0 Å². The summed E-state index contributed by atoms with van der Waals surface area (Å²) in [7, 11) is 0. The lowest BCUT2D eigenvalue weighted by Crippen LogP contribution is -2.35. The van der Waals surface area contributed by atoms with Crippen LogP contribution < -0.4 is 10.4 Å². The molecule has 1 fully saturated rings. The molecule has 146 valence electrons. The highest BCUT2D eigenvalue weighted by atomic mass is 127. The summed E-state index contributed by atoms with van der Waals surface area (Å²) in [6.07, 6.45) is 0. The molecule has 0 saturated carbocycles. The maximum Gasteiger partial charge on any atom is 0.283 e. The normalized spacial score (nSPS) is 15.6. The molecule has 1 saturated heterocycles. The Balaban J connectivity index is 1.69. The first-order valence-electron chi connectivity index (χ1n) is 9.30. The number of carbonyl (C=O) groups is 2. The Morgan fingerprint density at radius 3 is 2.37 bits per heavy atom. The van der Waals surface area contributed by atoms with Gasteiger partial charge < -0.3 is 0 Å². The van der Waals surface area contributed by atoms with Crippen molar-refractivity contribution in [1.29, 1.82) is 0 Å². The third kappa shape index (κ3) is 3.32. The second-order valence-electron chi connectivity index (χ2n) is 6.85. The van der Waals surface area contributed by atoms with Gasteiger partial charge in [0, 0.05) is 14.0 Å². The number of anilines is 1. The molecule has 30 heavy (non-hydrogen) atoms. The van der Waals surface area contributed by atoms with E-state index in [0.717, 1.165) is 24.8 Å². The van der Waals surface area contributed by atoms with E-state index in [4.69, 9.17) is 0 Å². The molecule has 0 aliphatic carbocycles. The van der Waals surface area contributed by atoms with E-state index in [-0.39, 0.29) is 11.5 Å². The van der Waals surface area contributed by atoms with E-state index in [0.29, 0.717) is 11.3 Å². The summed E-state index contributed by atoms with van der Waals surface area (Å²) in [6, 6.07) is 25.4. The first-order chi connectivity index (χ1) is 14.6. The maximum absolute atomic E-state index is 13.4. The number of halogens is 1. The molecular formula is C24H15IN2O2S. The Labute approximate surface area is 190 Å². The molecule has 4 nitrogen and oxygen atoms in total. The number of thiophene rings is 1. The van der Waals surface area contributed by atoms with Crippen LogP contribution in [0.25, 0.3) is 16.3 Å². The van der Waals surface area contributed by atoms with Crippen LogP contribution in [0.15, 0.2) is 89.8 Å². The fraction of sp³-hybridized carbons (Fsp3) is 0. The first kappa shape index (κ1) is 19.0. The molecule has 2 amide bonds. The molecular weight excluding hydrogens is 507 g/mol. The minimum absolute atomic E-state index is 0.159. The fourth-order valence-electron chi connectivity index (χ4n) is 3.59. The average Bonchev–Trinajstić information content (AvgIpc) is 3.39. The lowest BCUT2D eigenvalue weighted by Gasteiger charge is -2.15. The van der Waals surface area contributed by atoms with Crippen LogP contribution in [0.4, 0.5) is 5.69 Å². The van der Waals surface area contributed by atoms with E-state index in [2.05, 4.69) is 28.0 Å². The van der Waals surface area contributed by atoms with Gasteiger partial charge in [0.05, 0.1) is 5.69 Å². The quantitative estimate of drug-likeness (QED) is 0.223. The zero-order valence-electron chi connectivity index (χ0n) is 15.6. The number of rotatable bonds is 3. The van der Waals surface area contributed by atoms with Crippen LogP contribution in [0.1, 0.15) is 10.4 Å². The van der Waals surface area contributed by atoms with Gasteiger partial charge in [0.25, 0.3) is 11.8 Å². The number of carbonyl (C=O) groups excluding carboxylic acids is 2. The molecule has 0 radical (unpaired) electrons. The number of hydrazine groups is 1. The summed E-state index contributed by atoms with van der Waals surface area (Å²) in [4.78, 5) is 27.2. The third-order valence-electron chi connectivity index (χ3n) is 5.00. The summed E-state index contributed by atoms with van der Waals surface area (Å²) in [5.74, 6) is -0.743. The molecule has 4 aromatic rings.